The summed E-state index contributed by atoms with van der Waals surface area (Å²) in [5, 5.41) is 4.07. The van der Waals surface area contributed by atoms with Gasteiger partial charge in [-0.3, -0.25) is 4.79 Å². The van der Waals surface area contributed by atoms with Crippen LogP contribution in [0.25, 0.3) is 10.2 Å². The number of carbonyl (C=O) groups is 1. The fraction of sp³-hybridized carbons (Fsp3) is 0.533. The highest BCUT2D eigenvalue weighted by Gasteiger charge is 2.41. The first kappa shape index (κ1) is 13.0. The highest BCUT2D eigenvalue weighted by Crippen LogP contribution is 2.40. The van der Waals surface area contributed by atoms with Crippen molar-refractivity contribution in [3.8, 4) is 0 Å². The Morgan fingerprint density at radius 2 is 2.29 bits per heavy atom. The second kappa shape index (κ2) is 4.66. The fourth-order valence-electron chi connectivity index (χ4n) is 3.77. The Bertz CT molecular complexity index is 726. The van der Waals surface area contributed by atoms with E-state index in [0.29, 0.717) is 6.04 Å². The molecule has 110 valence electrons. The number of fused-ring (bicyclic) bond motifs is 3. The average molecular weight is 302 g/mol. The van der Waals surface area contributed by atoms with E-state index >= 15 is 0 Å². The van der Waals surface area contributed by atoms with Gasteiger partial charge in [-0.05, 0) is 37.7 Å². The quantitative estimate of drug-likeness (QED) is 0.926. The smallest absolute Gasteiger partial charge is 0.264 e. The van der Waals surface area contributed by atoms with Crippen molar-refractivity contribution >= 4 is 33.3 Å². The van der Waals surface area contributed by atoms with Gasteiger partial charge in [0.1, 0.15) is 17.0 Å². The maximum atomic E-state index is 12.9. The van der Waals surface area contributed by atoms with Gasteiger partial charge in [-0.2, -0.15) is 0 Å². The van der Waals surface area contributed by atoms with Crippen LogP contribution in [0.2, 0.25) is 0 Å². The van der Waals surface area contributed by atoms with Crippen LogP contribution in [0.15, 0.2) is 6.33 Å². The van der Waals surface area contributed by atoms with Crippen LogP contribution in [-0.4, -0.2) is 40.4 Å². The molecule has 0 aromatic carbocycles. The number of amides is 1. The molecule has 0 radical (unpaired) electrons. The van der Waals surface area contributed by atoms with Crippen LogP contribution in [0.1, 0.15) is 34.5 Å². The summed E-state index contributed by atoms with van der Waals surface area (Å²) in [6.07, 6.45) is 5.20. The number of nitrogens with one attached hydrogen (secondary N) is 1. The monoisotopic (exact) mass is 302 g/mol. The van der Waals surface area contributed by atoms with Gasteiger partial charge in [0.05, 0.1) is 10.3 Å². The van der Waals surface area contributed by atoms with Gasteiger partial charge < -0.3 is 10.2 Å². The van der Waals surface area contributed by atoms with Crippen LogP contribution in [-0.2, 0) is 0 Å². The molecule has 2 fully saturated rings. The van der Waals surface area contributed by atoms with Crippen LogP contribution in [0.3, 0.4) is 0 Å². The van der Waals surface area contributed by atoms with Gasteiger partial charge in [-0.1, -0.05) is 0 Å². The second-order valence-corrected chi connectivity index (χ2v) is 7.00. The van der Waals surface area contributed by atoms with Gasteiger partial charge in [0.25, 0.3) is 5.91 Å². The third-order valence-corrected chi connectivity index (χ3v) is 6.02. The molecule has 3 heterocycles. The molecular formula is C15H18N4OS. The standard InChI is InChI=1S/C15H18N4OS/c1-8-11-13(16-2)17-7-18-14(11)21-12(8)15(20)19-6-9-3-4-10(19)5-9/h7,9-10H,3-6H2,1-2H3,(H,16,17,18)/t9-,10+/m1/s1. The molecule has 2 atom stereocenters. The lowest BCUT2D eigenvalue weighted by atomic mass is 10.1. The summed E-state index contributed by atoms with van der Waals surface area (Å²) in [7, 11) is 1.85. The third-order valence-electron chi connectivity index (χ3n) is 4.83. The minimum atomic E-state index is 0.185. The molecule has 1 aliphatic heterocycles. The summed E-state index contributed by atoms with van der Waals surface area (Å²) < 4.78 is 0. The van der Waals surface area contributed by atoms with Crippen LogP contribution in [0.5, 0.6) is 0 Å². The zero-order valence-electron chi connectivity index (χ0n) is 12.2. The third kappa shape index (κ3) is 1.85. The second-order valence-electron chi connectivity index (χ2n) is 6.00. The normalized spacial score (nSPS) is 24.0. The number of aromatic nitrogens is 2. The largest absolute Gasteiger partial charge is 0.372 e. The van der Waals surface area contributed by atoms with Crippen molar-refractivity contribution in [3.05, 3.63) is 16.8 Å². The van der Waals surface area contributed by atoms with E-state index < -0.39 is 0 Å². The Balaban J connectivity index is 1.77. The zero-order valence-corrected chi connectivity index (χ0v) is 13.0. The van der Waals surface area contributed by atoms with Crippen molar-refractivity contribution in [2.75, 3.05) is 18.9 Å². The molecule has 1 N–H and O–H groups in total. The first-order valence-corrected chi connectivity index (χ1v) is 8.23. The van der Waals surface area contributed by atoms with Gasteiger partial charge in [0, 0.05) is 19.6 Å². The summed E-state index contributed by atoms with van der Waals surface area (Å²) in [5.74, 6) is 1.71. The summed E-state index contributed by atoms with van der Waals surface area (Å²) in [5.41, 5.74) is 1.01. The number of hydrogen-bond acceptors (Lipinski definition) is 5. The van der Waals surface area contributed by atoms with E-state index in [1.165, 1.54) is 30.6 Å². The van der Waals surface area contributed by atoms with Crippen molar-refractivity contribution in [2.24, 2.45) is 5.92 Å². The highest BCUT2D eigenvalue weighted by atomic mass is 32.1. The summed E-state index contributed by atoms with van der Waals surface area (Å²) in [6, 6.07) is 0.460. The molecule has 2 bridgehead atoms. The van der Waals surface area contributed by atoms with Crippen molar-refractivity contribution in [2.45, 2.75) is 32.2 Å². The lowest BCUT2D eigenvalue weighted by Gasteiger charge is -2.26. The summed E-state index contributed by atoms with van der Waals surface area (Å²) in [6.45, 7) is 2.94. The highest BCUT2D eigenvalue weighted by molar-refractivity contribution is 7.20. The number of likely N-dealkylation sites (tertiary alicyclic amines) is 1. The minimum Gasteiger partial charge on any atom is -0.372 e. The number of hydrogen-bond donors (Lipinski definition) is 1. The lowest BCUT2D eigenvalue weighted by molar-refractivity contribution is 0.0708. The predicted octanol–water partition coefficient (Wildman–Crippen LogP) is 2.67. The van der Waals surface area contributed by atoms with Crippen LogP contribution in [0, 0.1) is 12.8 Å². The van der Waals surface area contributed by atoms with Gasteiger partial charge in [-0.15, -0.1) is 11.3 Å². The van der Waals surface area contributed by atoms with Gasteiger partial charge in [0.15, 0.2) is 0 Å². The summed E-state index contributed by atoms with van der Waals surface area (Å²) in [4.78, 5) is 25.3. The molecule has 1 saturated heterocycles. The molecular weight excluding hydrogens is 284 g/mol. The number of thiophene rings is 1. The molecule has 1 aliphatic carbocycles. The first-order chi connectivity index (χ1) is 10.2. The number of aryl methyl sites for hydroxylation is 1. The number of rotatable bonds is 2. The van der Waals surface area contributed by atoms with Crippen LogP contribution in [0.4, 0.5) is 5.82 Å². The number of carbonyl (C=O) groups excluding carboxylic acids is 1. The van der Waals surface area contributed by atoms with Crippen LogP contribution >= 0.6 is 11.3 Å². The van der Waals surface area contributed by atoms with Crippen molar-refractivity contribution in [3.63, 3.8) is 0 Å². The SMILES string of the molecule is CNc1ncnc2sc(C(=O)N3C[C@@H]4CC[C@H]3C4)c(C)c12. The van der Waals surface area contributed by atoms with E-state index in [2.05, 4.69) is 20.2 Å². The Labute approximate surface area is 127 Å². The number of nitrogens with zero attached hydrogens (tertiary/aromatic N) is 3. The molecule has 0 spiro atoms. The number of piperidine rings is 1. The molecule has 2 aliphatic rings. The molecule has 6 heteroatoms. The zero-order chi connectivity index (χ0) is 14.6. The Kier molecular flexibility index (Phi) is 2.89. The van der Waals surface area contributed by atoms with Gasteiger partial charge in [0.2, 0.25) is 0 Å². The first-order valence-electron chi connectivity index (χ1n) is 7.42. The van der Waals surface area contributed by atoms with Crippen LogP contribution < -0.4 is 5.32 Å². The molecule has 2 aromatic rings. The van der Waals surface area contributed by atoms with E-state index in [-0.39, 0.29) is 5.91 Å². The lowest BCUT2D eigenvalue weighted by Crippen LogP contribution is -2.37. The van der Waals surface area contributed by atoms with Gasteiger partial charge >= 0.3 is 0 Å². The Morgan fingerprint density at radius 1 is 1.43 bits per heavy atom. The summed E-state index contributed by atoms with van der Waals surface area (Å²) >= 11 is 1.49. The maximum absolute atomic E-state index is 12.9. The van der Waals surface area contributed by atoms with E-state index in [1.807, 2.05) is 14.0 Å². The molecule has 5 nitrogen and oxygen atoms in total. The maximum Gasteiger partial charge on any atom is 0.264 e. The van der Waals surface area contributed by atoms with Gasteiger partial charge in [-0.25, -0.2) is 9.97 Å². The molecule has 1 amide bonds. The van der Waals surface area contributed by atoms with Crippen molar-refractivity contribution in [1.29, 1.82) is 0 Å². The minimum absolute atomic E-state index is 0.185. The topological polar surface area (TPSA) is 58.1 Å². The fourth-order valence-corrected chi connectivity index (χ4v) is 4.87. The van der Waals surface area contributed by atoms with E-state index in [0.717, 1.165) is 38.9 Å². The molecule has 4 rings (SSSR count). The van der Waals surface area contributed by atoms with Crippen molar-refractivity contribution in [1.82, 2.24) is 14.9 Å². The van der Waals surface area contributed by atoms with E-state index in [4.69, 9.17) is 0 Å². The molecule has 2 aromatic heterocycles. The predicted molar refractivity (Wildman–Crippen MR) is 83.9 cm³/mol. The molecule has 21 heavy (non-hydrogen) atoms. The van der Waals surface area contributed by atoms with Crippen molar-refractivity contribution < 1.29 is 4.79 Å². The Hall–Kier alpha value is -1.69. The molecule has 0 unspecified atom stereocenters. The number of anilines is 1. The average Bonchev–Trinajstić information content (AvgIpc) is 3.20. The van der Waals surface area contributed by atoms with E-state index in [9.17, 15) is 4.79 Å². The molecule has 1 saturated carbocycles. The Morgan fingerprint density at radius 3 is 2.95 bits per heavy atom. The van der Waals surface area contributed by atoms with E-state index in [1.54, 1.807) is 6.33 Å².